The van der Waals surface area contributed by atoms with Crippen LogP contribution in [0.4, 0.5) is 5.69 Å². The van der Waals surface area contributed by atoms with Crippen molar-refractivity contribution >= 4 is 5.69 Å². The quantitative estimate of drug-likeness (QED) is 0.473. The molecular weight excluding hydrogens is 336 g/mol. The van der Waals surface area contributed by atoms with Gasteiger partial charge in [0.25, 0.3) is 5.69 Å². The van der Waals surface area contributed by atoms with E-state index in [1.807, 2.05) is 19.4 Å². The zero-order chi connectivity index (χ0) is 18.7. The molecule has 26 heavy (non-hydrogen) atoms. The fourth-order valence-corrected chi connectivity index (χ4v) is 2.58. The highest BCUT2D eigenvalue weighted by molar-refractivity contribution is 5.58. The summed E-state index contributed by atoms with van der Waals surface area (Å²) < 4.78 is 7.11. The SMILES string of the molecule is CC(C)N(Cc1cnn(C)c1)Cc1nc(-c2cccc([N+](=O)[O-])c2)no1. The Morgan fingerprint density at radius 2 is 2.15 bits per heavy atom. The summed E-state index contributed by atoms with van der Waals surface area (Å²) in [6.45, 7) is 5.37. The number of non-ortho nitro benzene ring substituents is 1. The van der Waals surface area contributed by atoms with E-state index in [0.717, 1.165) is 5.56 Å². The lowest BCUT2D eigenvalue weighted by Gasteiger charge is -2.23. The second-order valence-corrected chi connectivity index (χ2v) is 6.34. The van der Waals surface area contributed by atoms with E-state index in [0.29, 0.717) is 30.4 Å². The Morgan fingerprint density at radius 1 is 1.35 bits per heavy atom. The average molecular weight is 356 g/mol. The average Bonchev–Trinajstić information content (AvgIpc) is 3.23. The second-order valence-electron chi connectivity index (χ2n) is 6.34. The summed E-state index contributed by atoms with van der Waals surface area (Å²) in [4.78, 5) is 17.0. The van der Waals surface area contributed by atoms with Gasteiger partial charge in [-0.15, -0.1) is 0 Å². The molecule has 3 rings (SSSR count). The van der Waals surface area contributed by atoms with Gasteiger partial charge in [0.2, 0.25) is 11.7 Å². The van der Waals surface area contributed by atoms with Crippen molar-refractivity contribution < 1.29 is 9.45 Å². The van der Waals surface area contributed by atoms with Crippen molar-refractivity contribution in [3.8, 4) is 11.4 Å². The molecule has 0 unspecified atom stereocenters. The number of hydrogen-bond donors (Lipinski definition) is 0. The number of aryl methyl sites for hydroxylation is 1. The van der Waals surface area contributed by atoms with Gasteiger partial charge in [0, 0.05) is 49.1 Å². The molecule has 0 aliphatic rings. The van der Waals surface area contributed by atoms with E-state index in [2.05, 4.69) is 34.0 Å². The van der Waals surface area contributed by atoms with Crippen molar-refractivity contribution in [1.29, 1.82) is 0 Å². The maximum absolute atomic E-state index is 10.9. The largest absolute Gasteiger partial charge is 0.338 e. The lowest BCUT2D eigenvalue weighted by atomic mass is 10.2. The monoisotopic (exact) mass is 356 g/mol. The van der Waals surface area contributed by atoms with Gasteiger partial charge in [0.05, 0.1) is 17.7 Å². The minimum Gasteiger partial charge on any atom is -0.338 e. The molecule has 0 radical (unpaired) electrons. The standard InChI is InChI=1S/C17H20N6O3/c1-12(2)22(10-13-8-18-21(3)9-13)11-16-19-17(20-26-16)14-5-4-6-15(7-14)23(24)25/h4-9,12H,10-11H2,1-3H3. The Labute approximate surface area is 150 Å². The van der Waals surface area contributed by atoms with Gasteiger partial charge in [0.1, 0.15) is 0 Å². The minimum absolute atomic E-state index is 0.00534. The Kier molecular flexibility index (Phi) is 5.08. The molecule has 0 saturated heterocycles. The normalized spacial score (nSPS) is 11.4. The van der Waals surface area contributed by atoms with Crippen LogP contribution in [0.5, 0.6) is 0 Å². The van der Waals surface area contributed by atoms with E-state index in [-0.39, 0.29) is 11.7 Å². The summed E-state index contributed by atoms with van der Waals surface area (Å²) in [6.07, 6.45) is 3.80. The van der Waals surface area contributed by atoms with E-state index in [4.69, 9.17) is 4.52 Å². The summed E-state index contributed by atoms with van der Waals surface area (Å²) in [5.41, 5.74) is 1.64. The van der Waals surface area contributed by atoms with Crippen molar-refractivity contribution in [3.05, 3.63) is 58.2 Å². The highest BCUT2D eigenvalue weighted by Crippen LogP contribution is 2.22. The maximum atomic E-state index is 10.9. The summed E-state index contributed by atoms with van der Waals surface area (Å²) >= 11 is 0. The van der Waals surface area contributed by atoms with Crippen LogP contribution in [0.1, 0.15) is 25.3 Å². The van der Waals surface area contributed by atoms with Crippen LogP contribution in [-0.2, 0) is 20.1 Å². The van der Waals surface area contributed by atoms with E-state index in [9.17, 15) is 10.1 Å². The molecule has 0 saturated carbocycles. The molecule has 0 spiro atoms. The van der Waals surface area contributed by atoms with Gasteiger partial charge in [-0.25, -0.2) is 0 Å². The number of benzene rings is 1. The first kappa shape index (κ1) is 17.7. The third-order valence-corrected chi connectivity index (χ3v) is 4.00. The molecule has 0 fully saturated rings. The Morgan fingerprint density at radius 3 is 2.81 bits per heavy atom. The van der Waals surface area contributed by atoms with Crippen molar-refractivity contribution in [2.24, 2.45) is 7.05 Å². The summed E-state index contributed by atoms with van der Waals surface area (Å²) in [6, 6.07) is 6.45. The summed E-state index contributed by atoms with van der Waals surface area (Å²) in [5, 5.41) is 19.1. The minimum atomic E-state index is -0.446. The molecule has 9 heteroatoms. The van der Waals surface area contributed by atoms with Gasteiger partial charge in [-0.05, 0) is 13.8 Å². The molecule has 2 aromatic heterocycles. The molecule has 0 bridgehead atoms. The maximum Gasteiger partial charge on any atom is 0.270 e. The number of nitrogens with zero attached hydrogens (tertiary/aromatic N) is 6. The van der Waals surface area contributed by atoms with Gasteiger partial charge in [0.15, 0.2) is 0 Å². The van der Waals surface area contributed by atoms with E-state index < -0.39 is 4.92 Å². The van der Waals surface area contributed by atoms with Crippen LogP contribution >= 0.6 is 0 Å². The smallest absolute Gasteiger partial charge is 0.270 e. The molecule has 136 valence electrons. The van der Waals surface area contributed by atoms with E-state index in [1.54, 1.807) is 16.8 Å². The van der Waals surface area contributed by atoms with Crippen LogP contribution in [0.25, 0.3) is 11.4 Å². The third kappa shape index (κ3) is 4.12. The lowest BCUT2D eigenvalue weighted by molar-refractivity contribution is -0.384. The molecule has 2 heterocycles. The van der Waals surface area contributed by atoms with Crippen molar-refractivity contribution in [3.63, 3.8) is 0 Å². The third-order valence-electron chi connectivity index (χ3n) is 4.00. The Bertz CT molecular complexity index is 901. The number of hydrogen-bond acceptors (Lipinski definition) is 7. The predicted molar refractivity (Wildman–Crippen MR) is 94.0 cm³/mol. The first-order valence-corrected chi connectivity index (χ1v) is 8.21. The van der Waals surface area contributed by atoms with Gasteiger partial charge < -0.3 is 4.52 Å². The van der Waals surface area contributed by atoms with Crippen LogP contribution in [0.15, 0.2) is 41.2 Å². The fourth-order valence-electron chi connectivity index (χ4n) is 2.58. The molecule has 9 nitrogen and oxygen atoms in total. The topological polar surface area (TPSA) is 103 Å². The Hall–Kier alpha value is -3.07. The van der Waals surface area contributed by atoms with E-state index in [1.165, 1.54) is 12.1 Å². The number of nitro groups is 1. The molecule has 3 aromatic rings. The second kappa shape index (κ2) is 7.44. The lowest BCUT2D eigenvalue weighted by Crippen LogP contribution is -2.29. The number of rotatable bonds is 7. The van der Waals surface area contributed by atoms with Gasteiger partial charge in [-0.1, -0.05) is 17.3 Å². The Balaban J connectivity index is 1.75. The molecular formula is C17H20N6O3. The number of aromatic nitrogens is 4. The van der Waals surface area contributed by atoms with Gasteiger partial charge in [-0.3, -0.25) is 19.7 Å². The van der Waals surface area contributed by atoms with Gasteiger partial charge in [-0.2, -0.15) is 10.1 Å². The zero-order valence-corrected chi connectivity index (χ0v) is 14.9. The number of nitro benzene ring substituents is 1. The van der Waals surface area contributed by atoms with Crippen molar-refractivity contribution in [1.82, 2.24) is 24.8 Å². The summed E-state index contributed by atoms with van der Waals surface area (Å²) in [5.74, 6) is 0.804. The molecule has 0 atom stereocenters. The summed E-state index contributed by atoms with van der Waals surface area (Å²) in [7, 11) is 1.88. The van der Waals surface area contributed by atoms with Crippen molar-refractivity contribution in [2.45, 2.75) is 33.0 Å². The first-order valence-electron chi connectivity index (χ1n) is 8.21. The molecule has 0 amide bonds. The van der Waals surface area contributed by atoms with Crippen molar-refractivity contribution in [2.75, 3.05) is 0 Å². The highest BCUT2D eigenvalue weighted by atomic mass is 16.6. The van der Waals surface area contributed by atoms with Gasteiger partial charge >= 0.3 is 0 Å². The van der Waals surface area contributed by atoms with Crippen LogP contribution in [0.3, 0.4) is 0 Å². The fraction of sp³-hybridized carbons (Fsp3) is 0.353. The van der Waals surface area contributed by atoms with Crippen LogP contribution in [0.2, 0.25) is 0 Å². The van der Waals surface area contributed by atoms with Crippen LogP contribution in [-0.4, -0.2) is 35.8 Å². The van der Waals surface area contributed by atoms with Crippen LogP contribution in [0, 0.1) is 10.1 Å². The molecule has 0 aliphatic heterocycles. The molecule has 0 N–H and O–H groups in total. The highest BCUT2D eigenvalue weighted by Gasteiger charge is 2.17. The zero-order valence-electron chi connectivity index (χ0n) is 14.9. The van der Waals surface area contributed by atoms with E-state index >= 15 is 0 Å². The predicted octanol–water partition coefficient (Wildman–Crippen LogP) is 2.79. The first-order chi connectivity index (χ1) is 12.4. The van der Waals surface area contributed by atoms with Crippen LogP contribution < -0.4 is 0 Å². The molecule has 1 aromatic carbocycles. The molecule has 0 aliphatic carbocycles.